The second-order valence-corrected chi connectivity index (χ2v) is 4.10. The molecule has 0 aliphatic carbocycles. The van der Waals surface area contributed by atoms with Crippen molar-refractivity contribution in [2.24, 2.45) is 16.8 Å². The first-order valence-electron chi connectivity index (χ1n) is 3.26. The highest BCUT2D eigenvalue weighted by molar-refractivity contribution is 8.17. The van der Waals surface area contributed by atoms with E-state index in [2.05, 4.69) is 0 Å². The molecule has 1 rings (SSSR count). The molecule has 1 aliphatic rings. The maximum atomic E-state index is 9.18. The summed E-state index contributed by atoms with van der Waals surface area (Å²) in [5, 5.41) is 15.0. The fourth-order valence-electron chi connectivity index (χ4n) is 0.894. The highest BCUT2D eigenvalue weighted by Crippen LogP contribution is 2.33. The first-order chi connectivity index (χ1) is 5.04. The van der Waals surface area contributed by atoms with Crippen LogP contribution in [0.5, 0.6) is 0 Å². The van der Waals surface area contributed by atoms with Crippen molar-refractivity contribution in [1.82, 2.24) is 0 Å². The molecule has 0 aromatic heterocycles. The zero-order valence-corrected chi connectivity index (χ0v) is 7.31. The molecule has 4 nitrogen and oxygen atoms in total. The van der Waals surface area contributed by atoms with Crippen molar-refractivity contribution in [2.45, 2.75) is 13.8 Å². The first kappa shape index (κ1) is 8.58. The van der Waals surface area contributed by atoms with Gasteiger partial charge in [-0.2, -0.15) is 0 Å². The molecule has 0 spiro atoms. The van der Waals surface area contributed by atoms with Crippen molar-refractivity contribution in [1.29, 1.82) is 0 Å². The van der Waals surface area contributed by atoms with Gasteiger partial charge in [0.05, 0.1) is 4.91 Å². The molecule has 0 bridgehead atoms. The normalized spacial score (nSPS) is 24.8. The zero-order valence-electron chi connectivity index (χ0n) is 6.50. The summed E-state index contributed by atoms with van der Waals surface area (Å²) in [5.41, 5.74) is 5.38. The second kappa shape index (κ2) is 2.84. The van der Waals surface area contributed by atoms with Gasteiger partial charge in [0.25, 0.3) is 5.95 Å². The van der Waals surface area contributed by atoms with E-state index in [0.29, 0.717) is 4.91 Å². The van der Waals surface area contributed by atoms with Gasteiger partial charge in [-0.25, -0.2) is 0 Å². The third kappa shape index (κ3) is 1.40. The maximum Gasteiger partial charge on any atom is 0.294 e. The predicted molar refractivity (Wildman–Crippen MR) is 46.6 cm³/mol. The van der Waals surface area contributed by atoms with Crippen molar-refractivity contribution in [3.8, 4) is 0 Å². The number of aliphatic hydroxyl groups excluding tert-OH is 1. The van der Waals surface area contributed by atoms with Crippen molar-refractivity contribution < 1.29 is 9.84 Å². The quantitative estimate of drug-likeness (QED) is 0.511. The number of nitrogens with two attached hydrogens (primary N) is 2. The van der Waals surface area contributed by atoms with Crippen LogP contribution in [0.15, 0.2) is 10.9 Å². The highest BCUT2D eigenvalue weighted by atomic mass is 32.2. The smallest absolute Gasteiger partial charge is 0.294 e. The van der Waals surface area contributed by atoms with Gasteiger partial charge in [0.1, 0.15) is 0 Å². The number of hydrogen-bond acceptors (Lipinski definition) is 4. The fraction of sp³-hybridized carbons (Fsp3) is 0.500. The summed E-state index contributed by atoms with van der Waals surface area (Å²) in [6, 6.07) is 0. The zero-order chi connectivity index (χ0) is 8.59. The molecule has 1 heterocycles. The lowest BCUT2D eigenvalue weighted by Crippen LogP contribution is -2.13. The molecule has 0 saturated heterocycles. The van der Waals surface area contributed by atoms with Gasteiger partial charge in [-0.15, -0.1) is 0 Å². The average Bonchev–Trinajstić information content (AvgIpc) is 2.07. The van der Waals surface area contributed by atoms with Crippen LogP contribution in [-0.2, 0) is 4.74 Å². The minimum absolute atomic E-state index is 0.122. The average molecular weight is 176 g/mol. The van der Waals surface area contributed by atoms with E-state index >= 15 is 0 Å². The predicted octanol–water partition coefficient (Wildman–Crippen LogP) is 0.588. The van der Waals surface area contributed by atoms with Crippen LogP contribution in [0.3, 0.4) is 0 Å². The Morgan fingerprint density at radius 2 is 2.09 bits per heavy atom. The van der Waals surface area contributed by atoms with E-state index in [-0.39, 0.29) is 17.0 Å². The number of hydrogen-bond donors (Lipinski definition) is 3. The Balaban J connectivity index is 3.00. The lowest BCUT2D eigenvalue weighted by atomic mass is 10.2. The van der Waals surface area contributed by atoms with Crippen LogP contribution in [0.1, 0.15) is 13.8 Å². The van der Waals surface area contributed by atoms with Crippen LogP contribution >= 0.6 is 10.7 Å². The molecule has 0 amide bonds. The summed E-state index contributed by atoms with van der Waals surface area (Å²) >= 11 is 0. The topological polar surface area (TPSA) is 81.5 Å². The van der Waals surface area contributed by atoms with E-state index in [1.807, 2.05) is 13.8 Å². The third-order valence-electron chi connectivity index (χ3n) is 1.39. The Labute approximate surface area is 67.9 Å². The van der Waals surface area contributed by atoms with E-state index in [1.165, 1.54) is 0 Å². The summed E-state index contributed by atoms with van der Waals surface area (Å²) in [7, 11) is -0.714. The van der Waals surface area contributed by atoms with Crippen LogP contribution < -0.4 is 10.9 Å². The number of ether oxygens (including phenoxy) is 1. The molecule has 0 fully saturated rings. The molecule has 1 atom stereocenters. The molecule has 0 aromatic carbocycles. The van der Waals surface area contributed by atoms with Crippen LogP contribution in [0.4, 0.5) is 0 Å². The number of allylic oxidation sites excluding steroid dienone is 1. The minimum atomic E-state index is -0.714. The monoisotopic (exact) mass is 176 g/mol. The van der Waals surface area contributed by atoms with Crippen LogP contribution in [0.25, 0.3) is 0 Å². The maximum absolute atomic E-state index is 9.18. The van der Waals surface area contributed by atoms with Crippen LogP contribution in [-0.4, -0.2) is 10.3 Å². The molecule has 5 heteroatoms. The van der Waals surface area contributed by atoms with Crippen LogP contribution in [0.2, 0.25) is 0 Å². The Morgan fingerprint density at radius 1 is 1.55 bits per heavy atom. The van der Waals surface area contributed by atoms with Gasteiger partial charge >= 0.3 is 0 Å². The summed E-state index contributed by atoms with van der Waals surface area (Å²) in [4.78, 5) is 0.697. The summed E-state index contributed by atoms with van der Waals surface area (Å²) < 4.78 is 4.76. The Morgan fingerprint density at radius 3 is 2.27 bits per heavy atom. The third-order valence-corrected chi connectivity index (χ3v) is 3.02. The van der Waals surface area contributed by atoms with E-state index < -0.39 is 10.7 Å². The minimum Gasteiger partial charge on any atom is -0.480 e. The van der Waals surface area contributed by atoms with E-state index in [4.69, 9.17) is 15.6 Å². The Kier molecular flexibility index (Phi) is 2.22. The molecule has 1 aliphatic heterocycles. The SMILES string of the molecule is CC(C)C1=C(O)OC(N)=S1N. The Bertz CT molecular complexity index is 245. The van der Waals surface area contributed by atoms with E-state index in [0.717, 1.165) is 0 Å². The van der Waals surface area contributed by atoms with Crippen LogP contribution in [0, 0.1) is 5.92 Å². The van der Waals surface area contributed by atoms with Crippen molar-refractivity contribution in [2.75, 3.05) is 0 Å². The number of rotatable bonds is 1. The lowest BCUT2D eigenvalue weighted by molar-refractivity contribution is 0.199. The number of aliphatic hydroxyl groups is 1. The Hall–Kier alpha value is -0.520. The summed E-state index contributed by atoms with van der Waals surface area (Å²) in [6.07, 6.45) is 0. The molecular weight excluding hydrogens is 164 g/mol. The van der Waals surface area contributed by atoms with Crippen molar-refractivity contribution in [3.63, 3.8) is 0 Å². The van der Waals surface area contributed by atoms with Gasteiger partial charge in [0.15, 0.2) is 0 Å². The van der Waals surface area contributed by atoms with Gasteiger partial charge in [0.2, 0.25) is 5.17 Å². The summed E-state index contributed by atoms with van der Waals surface area (Å²) in [6.45, 7) is 3.86. The highest BCUT2D eigenvalue weighted by Gasteiger charge is 2.23. The van der Waals surface area contributed by atoms with Gasteiger partial charge < -0.3 is 9.84 Å². The fourth-order valence-corrected chi connectivity index (χ4v) is 2.02. The van der Waals surface area contributed by atoms with Crippen molar-refractivity contribution in [3.05, 3.63) is 10.9 Å². The molecule has 0 aromatic rings. The lowest BCUT2D eigenvalue weighted by Gasteiger charge is -2.05. The van der Waals surface area contributed by atoms with Gasteiger partial charge in [0, 0.05) is 0 Å². The second-order valence-electron chi connectivity index (χ2n) is 2.58. The van der Waals surface area contributed by atoms with E-state index in [9.17, 15) is 5.11 Å². The van der Waals surface area contributed by atoms with Gasteiger partial charge in [-0.05, 0) is 16.6 Å². The molecule has 11 heavy (non-hydrogen) atoms. The van der Waals surface area contributed by atoms with Crippen molar-refractivity contribution >= 4 is 15.8 Å². The van der Waals surface area contributed by atoms with Gasteiger partial charge in [-0.1, -0.05) is 13.8 Å². The summed E-state index contributed by atoms with van der Waals surface area (Å²) in [5.74, 6) is 0.0488. The molecule has 0 radical (unpaired) electrons. The largest absolute Gasteiger partial charge is 0.480 e. The molecule has 1 unspecified atom stereocenters. The standard InChI is InChI=1S/C6H12N2O2S/c1-3(2)4-5(9)10-6(7)11(4)8/h3,9H,7-8H2,1-2H3. The molecule has 0 saturated carbocycles. The first-order valence-corrected chi connectivity index (χ1v) is 4.55. The molecule has 64 valence electrons. The van der Waals surface area contributed by atoms with Gasteiger partial charge in [-0.3, -0.25) is 10.9 Å². The molecule has 5 N–H and O–H groups in total. The molecular formula is C6H12N2O2S. The van der Waals surface area contributed by atoms with E-state index in [1.54, 1.807) is 0 Å².